The minimum absolute atomic E-state index is 0.217. The monoisotopic (exact) mass is 410 g/mol. The number of carbonyl (C=O) groups excluding carboxylic acids is 4. The summed E-state index contributed by atoms with van der Waals surface area (Å²) >= 11 is 0.801. The Morgan fingerprint density at radius 2 is 1.72 bits per heavy atom. The smallest absolute Gasteiger partial charge is 0.293 e. The standard InChI is InChI=1S/C21H18N2O5S/c1-13(24)22-16-7-5-15(6-8-16)18(25)12-23-20(26)19(29-21(23)27)11-14-3-9-17(28-2)10-4-14/h3-11H,12H2,1-2H3,(H,22,24). The van der Waals surface area contributed by atoms with Crippen LogP contribution < -0.4 is 10.1 Å². The van der Waals surface area contributed by atoms with E-state index >= 15 is 0 Å². The molecule has 0 saturated carbocycles. The van der Waals surface area contributed by atoms with Crippen LogP contribution in [-0.4, -0.2) is 41.4 Å². The number of rotatable bonds is 6. The maximum Gasteiger partial charge on any atom is 0.293 e. The first-order chi connectivity index (χ1) is 13.9. The summed E-state index contributed by atoms with van der Waals surface area (Å²) in [5.41, 5.74) is 1.65. The average Bonchev–Trinajstić information content (AvgIpc) is 2.96. The molecule has 8 heteroatoms. The van der Waals surface area contributed by atoms with Gasteiger partial charge in [0.25, 0.3) is 11.1 Å². The van der Waals surface area contributed by atoms with Crippen molar-refractivity contribution in [2.45, 2.75) is 6.92 Å². The molecular weight excluding hydrogens is 392 g/mol. The molecule has 1 fully saturated rings. The van der Waals surface area contributed by atoms with Gasteiger partial charge in [0, 0.05) is 18.2 Å². The van der Waals surface area contributed by atoms with Crippen LogP contribution in [0.2, 0.25) is 0 Å². The lowest BCUT2D eigenvalue weighted by molar-refractivity contribution is -0.122. The first-order valence-electron chi connectivity index (χ1n) is 8.67. The summed E-state index contributed by atoms with van der Waals surface area (Å²) in [6, 6.07) is 13.3. The van der Waals surface area contributed by atoms with Gasteiger partial charge in [0.15, 0.2) is 5.78 Å². The molecule has 0 radical (unpaired) electrons. The molecule has 3 rings (SSSR count). The van der Waals surface area contributed by atoms with Crippen LogP contribution in [-0.2, 0) is 9.59 Å². The van der Waals surface area contributed by atoms with Crippen molar-refractivity contribution in [3.8, 4) is 5.75 Å². The summed E-state index contributed by atoms with van der Waals surface area (Å²) in [5.74, 6) is -0.401. The fourth-order valence-corrected chi connectivity index (χ4v) is 3.50. The van der Waals surface area contributed by atoms with Crippen LogP contribution >= 0.6 is 11.8 Å². The van der Waals surface area contributed by atoms with Crippen LogP contribution in [0, 0.1) is 0 Å². The first-order valence-corrected chi connectivity index (χ1v) is 9.49. The molecule has 0 aromatic heterocycles. The highest BCUT2D eigenvalue weighted by Gasteiger charge is 2.36. The summed E-state index contributed by atoms with van der Waals surface area (Å²) in [6.07, 6.45) is 1.61. The largest absolute Gasteiger partial charge is 0.497 e. The van der Waals surface area contributed by atoms with E-state index in [-0.39, 0.29) is 23.1 Å². The summed E-state index contributed by atoms with van der Waals surface area (Å²) in [6.45, 7) is 1.04. The Morgan fingerprint density at radius 3 is 2.31 bits per heavy atom. The summed E-state index contributed by atoms with van der Waals surface area (Å²) in [5, 5.41) is 2.12. The van der Waals surface area contributed by atoms with Crippen molar-refractivity contribution >= 4 is 46.4 Å². The Bertz CT molecular complexity index is 997. The highest BCUT2D eigenvalue weighted by Crippen LogP contribution is 2.32. The predicted octanol–water partition coefficient (Wildman–Crippen LogP) is 3.57. The second-order valence-electron chi connectivity index (χ2n) is 6.22. The molecule has 1 heterocycles. The van der Waals surface area contributed by atoms with Crippen LogP contribution in [0.25, 0.3) is 6.08 Å². The fraction of sp³-hybridized carbons (Fsp3) is 0.143. The lowest BCUT2D eigenvalue weighted by atomic mass is 10.1. The van der Waals surface area contributed by atoms with E-state index in [2.05, 4.69) is 5.32 Å². The van der Waals surface area contributed by atoms with Crippen LogP contribution in [0.4, 0.5) is 10.5 Å². The number of ketones is 1. The number of amides is 3. The molecule has 2 aromatic rings. The Hall–Kier alpha value is -3.39. The number of ether oxygens (including phenoxy) is 1. The normalized spacial score (nSPS) is 15.0. The second kappa shape index (κ2) is 8.74. The van der Waals surface area contributed by atoms with E-state index in [1.807, 2.05) is 0 Å². The molecule has 0 bridgehead atoms. The van der Waals surface area contributed by atoms with Gasteiger partial charge >= 0.3 is 0 Å². The molecule has 1 saturated heterocycles. The minimum Gasteiger partial charge on any atom is -0.497 e. The van der Waals surface area contributed by atoms with Gasteiger partial charge in [-0.1, -0.05) is 12.1 Å². The van der Waals surface area contributed by atoms with Gasteiger partial charge in [0.05, 0.1) is 18.6 Å². The van der Waals surface area contributed by atoms with Gasteiger partial charge in [-0.3, -0.25) is 24.1 Å². The summed E-state index contributed by atoms with van der Waals surface area (Å²) < 4.78 is 5.09. The van der Waals surface area contributed by atoms with E-state index < -0.39 is 11.1 Å². The van der Waals surface area contributed by atoms with Gasteiger partial charge in [-0.15, -0.1) is 0 Å². The molecule has 148 valence electrons. The highest BCUT2D eigenvalue weighted by molar-refractivity contribution is 8.18. The molecule has 0 unspecified atom stereocenters. The minimum atomic E-state index is -0.501. The molecule has 0 aliphatic carbocycles. The van der Waals surface area contributed by atoms with E-state index in [4.69, 9.17) is 4.74 Å². The van der Waals surface area contributed by atoms with Crippen molar-refractivity contribution in [3.63, 3.8) is 0 Å². The zero-order valence-corrected chi connectivity index (χ0v) is 16.6. The zero-order chi connectivity index (χ0) is 21.0. The number of thioether (sulfide) groups is 1. The van der Waals surface area contributed by atoms with Gasteiger partial charge in [-0.05, 0) is 59.8 Å². The number of anilines is 1. The van der Waals surface area contributed by atoms with Gasteiger partial charge in [-0.25, -0.2) is 0 Å². The van der Waals surface area contributed by atoms with E-state index in [0.717, 1.165) is 22.2 Å². The second-order valence-corrected chi connectivity index (χ2v) is 7.22. The Morgan fingerprint density at radius 1 is 1.07 bits per heavy atom. The number of methoxy groups -OCH3 is 1. The van der Waals surface area contributed by atoms with Crippen molar-refractivity contribution in [1.29, 1.82) is 0 Å². The van der Waals surface area contributed by atoms with E-state index in [0.29, 0.717) is 17.0 Å². The third-order valence-electron chi connectivity index (χ3n) is 4.12. The zero-order valence-electron chi connectivity index (χ0n) is 15.8. The fourth-order valence-electron chi connectivity index (χ4n) is 2.67. The Kier molecular flexibility index (Phi) is 6.13. The molecular formula is C21H18N2O5S. The summed E-state index contributed by atoms with van der Waals surface area (Å²) in [4.78, 5) is 49.5. The Labute approximate surface area is 171 Å². The third-order valence-corrected chi connectivity index (χ3v) is 5.02. The van der Waals surface area contributed by atoms with E-state index in [9.17, 15) is 19.2 Å². The highest BCUT2D eigenvalue weighted by atomic mass is 32.2. The molecule has 1 aliphatic heterocycles. The number of benzene rings is 2. The van der Waals surface area contributed by atoms with Crippen molar-refractivity contribution in [2.24, 2.45) is 0 Å². The van der Waals surface area contributed by atoms with Crippen LogP contribution in [0.5, 0.6) is 5.75 Å². The number of hydrogen-bond acceptors (Lipinski definition) is 6. The van der Waals surface area contributed by atoms with Crippen molar-refractivity contribution in [3.05, 3.63) is 64.6 Å². The van der Waals surface area contributed by atoms with Crippen molar-refractivity contribution < 1.29 is 23.9 Å². The predicted molar refractivity (Wildman–Crippen MR) is 111 cm³/mol. The number of hydrogen-bond donors (Lipinski definition) is 1. The Balaban J connectivity index is 1.70. The van der Waals surface area contributed by atoms with E-state index in [1.165, 1.54) is 6.92 Å². The quantitative estimate of drug-likeness (QED) is 0.578. The van der Waals surface area contributed by atoms with Gasteiger partial charge < -0.3 is 10.1 Å². The maximum absolute atomic E-state index is 12.6. The number of nitrogens with one attached hydrogen (secondary N) is 1. The maximum atomic E-state index is 12.6. The van der Waals surface area contributed by atoms with Crippen LogP contribution in [0.15, 0.2) is 53.4 Å². The summed E-state index contributed by atoms with van der Waals surface area (Å²) in [7, 11) is 1.56. The number of imide groups is 1. The first kappa shape index (κ1) is 20.3. The number of carbonyl (C=O) groups is 4. The lowest BCUT2D eigenvalue weighted by Gasteiger charge is -2.11. The average molecular weight is 410 g/mol. The molecule has 0 spiro atoms. The molecule has 0 atom stereocenters. The molecule has 1 N–H and O–H groups in total. The van der Waals surface area contributed by atoms with Gasteiger partial charge in [0.2, 0.25) is 5.91 Å². The van der Waals surface area contributed by atoms with Gasteiger partial charge in [-0.2, -0.15) is 0 Å². The van der Waals surface area contributed by atoms with Crippen molar-refractivity contribution in [1.82, 2.24) is 4.90 Å². The molecule has 29 heavy (non-hydrogen) atoms. The number of nitrogens with zero attached hydrogens (tertiary/aromatic N) is 1. The van der Waals surface area contributed by atoms with Crippen LogP contribution in [0.1, 0.15) is 22.8 Å². The van der Waals surface area contributed by atoms with Gasteiger partial charge in [0.1, 0.15) is 5.75 Å². The van der Waals surface area contributed by atoms with E-state index in [1.54, 1.807) is 61.7 Å². The third kappa shape index (κ3) is 4.91. The molecule has 3 amide bonds. The van der Waals surface area contributed by atoms with Crippen molar-refractivity contribution in [2.75, 3.05) is 19.0 Å². The topological polar surface area (TPSA) is 92.8 Å². The SMILES string of the molecule is COc1ccc(C=C2SC(=O)N(CC(=O)c3ccc(NC(C)=O)cc3)C2=O)cc1. The lowest BCUT2D eigenvalue weighted by Crippen LogP contribution is -2.33. The molecule has 1 aliphatic rings. The molecule has 2 aromatic carbocycles. The number of Topliss-reactive ketones (excluding diaryl/α,β-unsaturated/α-hetero) is 1. The molecule has 7 nitrogen and oxygen atoms in total. The van der Waals surface area contributed by atoms with Crippen LogP contribution in [0.3, 0.4) is 0 Å².